The van der Waals surface area contributed by atoms with Gasteiger partial charge in [-0.1, -0.05) is 29.3 Å². The van der Waals surface area contributed by atoms with Gasteiger partial charge in [0.15, 0.2) is 0 Å². The number of rotatable bonds is 4. The molecule has 0 atom stereocenters. The highest BCUT2D eigenvalue weighted by Crippen LogP contribution is 2.28. The highest BCUT2D eigenvalue weighted by molar-refractivity contribution is 6.36. The van der Waals surface area contributed by atoms with Gasteiger partial charge < -0.3 is 9.88 Å². The number of benzene rings is 1. The Morgan fingerprint density at radius 3 is 2.52 bits per heavy atom. The van der Waals surface area contributed by atoms with Crippen molar-refractivity contribution < 1.29 is 4.79 Å². The number of hydrogen-bond donors (Lipinski definition) is 1. The van der Waals surface area contributed by atoms with Crippen LogP contribution in [0.25, 0.3) is 0 Å². The van der Waals surface area contributed by atoms with E-state index in [9.17, 15) is 9.59 Å². The van der Waals surface area contributed by atoms with Crippen LogP contribution in [0.5, 0.6) is 0 Å². The molecule has 0 aliphatic heterocycles. The first-order chi connectivity index (χ1) is 9.97. The van der Waals surface area contributed by atoms with E-state index in [0.29, 0.717) is 22.3 Å². The third kappa shape index (κ3) is 4.09. The molecule has 110 valence electrons. The number of carbonyl (C=O) groups excluding carboxylic acids is 1. The zero-order valence-corrected chi connectivity index (χ0v) is 12.9. The average Bonchev–Trinajstić information content (AvgIpc) is 2.44. The third-order valence-electron chi connectivity index (χ3n) is 3.04. The van der Waals surface area contributed by atoms with Crippen molar-refractivity contribution in [3.63, 3.8) is 0 Å². The lowest BCUT2D eigenvalue weighted by Gasteiger charge is -2.09. The lowest BCUT2D eigenvalue weighted by molar-refractivity contribution is -0.116. The minimum atomic E-state index is -0.207. The lowest BCUT2D eigenvalue weighted by Crippen LogP contribution is -2.21. The number of pyridine rings is 1. The largest absolute Gasteiger partial charge is 0.326 e. The maximum Gasteiger partial charge on any atom is 0.250 e. The molecule has 1 N–H and O–H groups in total. The minimum Gasteiger partial charge on any atom is -0.326 e. The fraction of sp³-hybridized carbons (Fsp3) is 0.200. The van der Waals surface area contributed by atoms with Crippen molar-refractivity contribution in [3.8, 4) is 0 Å². The molecule has 1 amide bonds. The van der Waals surface area contributed by atoms with Gasteiger partial charge in [-0.15, -0.1) is 0 Å². The van der Waals surface area contributed by atoms with Crippen LogP contribution in [-0.4, -0.2) is 10.5 Å². The van der Waals surface area contributed by atoms with Gasteiger partial charge in [-0.25, -0.2) is 0 Å². The fourth-order valence-electron chi connectivity index (χ4n) is 1.81. The molecule has 0 aliphatic carbocycles. The second-order valence-electron chi connectivity index (χ2n) is 4.60. The van der Waals surface area contributed by atoms with Crippen LogP contribution < -0.4 is 10.9 Å². The Morgan fingerprint density at radius 2 is 1.90 bits per heavy atom. The van der Waals surface area contributed by atoms with Gasteiger partial charge >= 0.3 is 0 Å². The van der Waals surface area contributed by atoms with Gasteiger partial charge in [0, 0.05) is 41.0 Å². The zero-order valence-electron chi connectivity index (χ0n) is 11.4. The van der Waals surface area contributed by atoms with E-state index in [4.69, 9.17) is 23.2 Å². The second kappa shape index (κ2) is 6.78. The number of hydrogen-bond acceptors (Lipinski definition) is 2. The third-order valence-corrected chi connectivity index (χ3v) is 3.83. The number of nitrogens with zero attached hydrogens (tertiary/aromatic N) is 1. The van der Waals surface area contributed by atoms with E-state index in [2.05, 4.69) is 5.32 Å². The molecule has 4 nitrogen and oxygen atoms in total. The Bertz CT molecular complexity index is 703. The normalized spacial score (nSPS) is 10.4. The summed E-state index contributed by atoms with van der Waals surface area (Å²) in [6.07, 6.45) is 1.84. The van der Waals surface area contributed by atoms with E-state index in [0.717, 1.165) is 5.56 Å². The van der Waals surface area contributed by atoms with Crippen LogP contribution in [0.1, 0.15) is 12.0 Å². The maximum absolute atomic E-state index is 11.9. The average molecular weight is 325 g/mol. The molecular weight excluding hydrogens is 311 g/mol. The van der Waals surface area contributed by atoms with Crippen molar-refractivity contribution in [2.24, 2.45) is 0 Å². The van der Waals surface area contributed by atoms with Crippen molar-refractivity contribution in [2.75, 3.05) is 5.32 Å². The highest BCUT2D eigenvalue weighted by atomic mass is 35.5. The number of halogens is 2. The summed E-state index contributed by atoms with van der Waals surface area (Å²) in [4.78, 5) is 23.4. The highest BCUT2D eigenvalue weighted by Gasteiger charge is 2.07. The van der Waals surface area contributed by atoms with E-state index in [1.165, 1.54) is 10.6 Å². The minimum absolute atomic E-state index is 0.133. The number of aromatic nitrogens is 1. The van der Waals surface area contributed by atoms with Gasteiger partial charge in [0.2, 0.25) is 5.91 Å². The molecule has 1 aromatic heterocycles. The van der Waals surface area contributed by atoms with Gasteiger partial charge in [0.05, 0.1) is 0 Å². The molecule has 2 aromatic rings. The molecule has 1 aromatic carbocycles. The smallest absolute Gasteiger partial charge is 0.250 e. The molecule has 6 heteroatoms. The van der Waals surface area contributed by atoms with Crippen LogP contribution in [0.4, 0.5) is 5.69 Å². The summed E-state index contributed by atoms with van der Waals surface area (Å²) in [5.41, 5.74) is 1.18. The molecular formula is C15H14Cl2N2O2. The summed E-state index contributed by atoms with van der Waals surface area (Å²) in [5.74, 6) is -0.207. The topological polar surface area (TPSA) is 51.1 Å². The quantitative estimate of drug-likeness (QED) is 0.935. The van der Waals surface area contributed by atoms with Crippen LogP contribution >= 0.6 is 23.2 Å². The molecule has 21 heavy (non-hydrogen) atoms. The van der Waals surface area contributed by atoms with E-state index in [1.54, 1.807) is 37.4 Å². The summed E-state index contributed by atoms with van der Waals surface area (Å²) in [5, 5.41) is 3.71. The van der Waals surface area contributed by atoms with Crippen molar-refractivity contribution >= 4 is 34.8 Å². The molecule has 0 fully saturated rings. The first kappa shape index (κ1) is 15.6. The number of anilines is 1. The lowest BCUT2D eigenvalue weighted by atomic mass is 10.2. The van der Waals surface area contributed by atoms with Crippen molar-refractivity contribution in [1.29, 1.82) is 0 Å². The monoisotopic (exact) mass is 324 g/mol. The summed E-state index contributed by atoms with van der Waals surface area (Å²) >= 11 is 12.0. The Labute approximate surface area is 132 Å². The fourth-order valence-corrected chi connectivity index (χ4v) is 2.30. The summed E-state index contributed by atoms with van der Waals surface area (Å²) in [6, 6.07) is 8.16. The van der Waals surface area contributed by atoms with Crippen LogP contribution in [0.15, 0.2) is 41.3 Å². The summed E-state index contributed by atoms with van der Waals surface area (Å²) in [7, 11) is 0. The second-order valence-corrected chi connectivity index (χ2v) is 5.41. The Hall–Kier alpha value is -1.78. The van der Waals surface area contributed by atoms with Crippen LogP contribution in [0.3, 0.4) is 0 Å². The molecule has 0 aliphatic rings. The van der Waals surface area contributed by atoms with E-state index >= 15 is 0 Å². The molecule has 0 saturated heterocycles. The van der Waals surface area contributed by atoms with Crippen LogP contribution in [0, 0.1) is 6.92 Å². The van der Waals surface area contributed by atoms with Gasteiger partial charge in [-0.2, -0.15) is 0 Å². The molecule has 0 spiro atoms. The van der Waals surface area contributed by atoms with Crippen molar-refractivity contribution in [3.05, 3.63) is 62.5 Å². The van der Waals surface area contributed by atoms with Crippen molar-refractivity contribution in [1.82, 2.24) is 4.57 Å². The van der Waals surface area contributed by atoms with E-state index < -0.39 is 0 Å². The number of aryl methyl sites for hydroxylation is 1. The van der Waals surface area contributed by atoms with Gasteiger partial charge in [-0.05, 0) is 30.7 Å². The molecule has 0 radical (unpaired) electrons. The van der Waals surface area contributed by atoms with Gasteiger partial charge in [0.1, 0.15) is 0 Å². The van der Waals surface area contributed by atoms with E-state index in [1.807, 2.05) is 0 Å². The predicted molar refractivity (Wildman–Crippen MR) is 85.1 cm³/mol. The molecule has 0 saturated carbocycles. The Balaban J connectivity index is 1.99. The molecule has 0 bridgehead atoms. The summed E-state index contributed by atoms with van der Waals surface area (Å²) < 4.78 is 1.48. The first-order valence-corrected chi connectivity index (χ1v) is 7.14. The molecule has 2 rings (SSSR count). The Morgan fingerprint density at radius 1 is 1.24 bits per heavy atom. The van der Waals surface area contributed by atoms with Crippen LogP contribution in [-0.2, 0) is 11.3 Å². The molecule has 1 heterocycles. The predicted octanol–water partition coefficient (Wildman–Crippen LogP) is 3.49. The van der Waals surface area contributed by atoms with E-state index in [-0.39, 0.29) is 17.9 Å². The van der Waals surface area contributed by atoms with Gasteiger partial charge in [-0.3, -0.25) is 9.59 Å². The molecule has 0 unspecified atom stereocenters. The zero-order chi connectivity index (χ0) is 15.4. The summed E-state index contributed by atoms with van der Waals surface area (Å²) in [6.45, 7) is 2.12. The van der Waals surface area contributed by atoms with Crippen molar-refractivity contribution in [2.45, 2.75) is 19.9 Å². The number of carbonyl (C=O) groups is 1. The standard InChI is InChI=1S/C15H14Cl2N2O2/c1-10-12(16)8-11(9-13(10)17)18-14(20)5-7-19-6-3-2-4-15(19)21/h2-4,6,8-9H,5,7H2,1H3,(H,18,20). The number of nitrogens with one attached hydrogen (secondary N) is 1. The SMILES string of the molecule is Cc1c(Cl)cc(NC(=O)CCn2ccccc2=O)cc1Cl. The van der Waals surface area contributed by atoms with Crippen LogP contribution in [0.2, 0.25) is 10.0 Å². The van der Waals surface area contributed by atoms with Gasteiger partial charge in [0.25, 0.3) is 5.56 Å². The number of amides is 1. The Kier molecular flexibility index (Phi) is 5.04. The first-order valence-electron chi connectivity index (χ1n) is 6.38. The maximum atomic E-state index is 11.9.